The Balaban J connectivity index is 1.33. The van der Waals surface area contributed by atoms with Gasteiger partial charge in [-0.2, -0.15) is 0 Å². The molecule has 0 bridgehead atoms. The minimum absolute atomic E-state index is 0.0711. The molecule has 0 spiro atoms. The van der Waals surface area contributed by atoms with Gasteiger partial charge < -0.3 is 14.5 Å². The highest BCUT2D eigenvalue weighted by Crippen LogP contribution is 2.38. The SMILES string of the molecule is CC1CC(C(=O)N2CC[C@H]3CC(C(=O)N4CCCC4)O[C@H]3C2)C1. The fourth-order valence-electron chi connectivity index (χ4n) is 4.79. The van der Waals surface area contributed by atoms with E-state index >= 15 is 0 Å². The number of hydrogen-bond acceptors (Lipinski definition) is 3. The Morgan fingerprint density at radius 1 is 0.957 bits per heavy atom. The average molecular weight is 320 g/mol. The van der Waals surface area contributed by atoms with Gasteiger partial charge in [-0.25, -0.2) is 0 Å². The largest absolute Gasteiger partial charge is 0.363 e. The molecule has 4 aliphatic rings. The van der Waals surface area contributed by atoms with Crippen LogP contribution in [-0.2, 0) is 14.3 Å². The molecular formula is C18H28N2O3. The predicted octanol–water partition coefficient (Wildman–Crippen LogP) is 1.66. The van der Waals surface area contributed by atoms with E-state index < -0.39 is 0 Å². The number of nitrogens with zero attached hydrogens (tertiary/aromatic N) is 2. The maximum Gasteiger partial charge on any atom is 0.251 e. The highest BCUT2D eigenvalue weighted by Gasteiger charge is 2.45. The fraction of sp³-hybridized carbons (Fsp3) is 0.889. The van der Waals surface area contributed by atoms with Gasteiger partial charge in [-0.05, 0) is 50.4 Å². The summed E-state index contributed by atoms with van der Waals surface area (Å²) in [5, 5.41) is 0. The molecule has 3 heterocycles. The van der Waals surface area contributed by atoms with E-state index in [1.165, 1.54) is 0 Å². The van der Waals surface area contributed by atoms with Gasteiger partial charge in [0.05, 0.1) is 6.10 Å². The molecule has 3 aliphatic heterocycles. The summed E-state index contributed by atoms with van der Waals surface area (Å²) in [5.41, 5.74) is 0. The lowest BCUT2D eigenvalue weighted by atomic mass is 9.75. The third-order valence-corrected chi connectivity index (χ3v) is 6.28. The molecule has 4 rings (SSSR count). The Morgan fingerprint density at radius 3 is 2.39 bits per heavy atom. The van der Waals surface area contributed by atoms with Crippen LogP contribution in [0.4, 0.5) is 0 Å². The lowest BCUT2D eigenvalue weighted by molar-refractivity contribution is -0.147. The highest BCUT2D eigenvalue weighted by molar-refractivity contribution is 5.82. The van der Waals surface area contributed by atoms with Gasteiger partial charge in [0.15, 0.2) is 0 Å². The zero-order valence-electron chi connectivity index (χ0n) is 14.1. The number of fused-ring (bicyclic) bond motifs is 1. The number of hydrogen-bond donors (Lipinski definition) is 0. The Morgan fingerprint density at radius 2 is 1.70 bits per heavy atom. The summed E-state index contributed by atoms with van der Waals surface area (Å²) in [6.07, 6.45) is 5.97. The highest BCUT2D eigenvalue weighted by atomic mass is 16.5. The third kappa shape index (κ3) is 2.88. The molecule has 23 heavy (non-hydrogen) atoms. The minimum Gasteiger partial charge on any atom is -0.363 e. The normalized spacial score (nSPS) is 40.0. The van der Waals surface area contributed by atoms with E-state index in [9.17, 15) is 9.59 Å². The molecule has 1 saturated carbocycles. The first-order valence-corrected chi connectivity index (χ1v) is 9.35. The van der Waals surface area contributed by atoms with Crippen LogP contribution in [0, 0.1) is 17.8 Å². The Bertz CT molecular complexity index is 483. The van der Waals surface area contributed by atoms with Crippen LogP contribution in [0.1, 0.15) is 45.4 Å². The monoisotopic (exact) mass is 320 g/mol. The van der Waals surface area contributed by atoms with Gasteiger partial charge in [0.2, 0.25) is 5.91 Å². The smallest absolute Gasteiger partial charge is 0.251 e. The van der Waals surface area contributed by atoms with E-state index in [0.717, 1.165) is 58.2 Å². The summed E-state index contributed by atoms with van der Waals surface area (Å²) in [7, 11) is 0. The van der Waals surface area contributed by atoms with Crippen molar-refractivity contribution in [3.63, 3.8) is 0 Å². The summed E-state index contributed by atoms with van der Waals surface area (Å²) in [4.78, 5) is 29.0. The Kier molecular flexibility index (Phi) is 4.08. The summed E-state index contributed by atoms with van der Waals surface area (Å²) in [5.74, 6) is 1.90. The fourth-order valence-corrected chi connectivity index (χ4v) is 4.79. The molecule has 0 aromatic rings. The molecular weight excluding hydrogens is 292 g/mol. The van der Waals surface area contributed by atoms with Crippen molar-refractivity contribution in [1.29, 1.82) is 0 Å². The molecule has 0 N–H and O–H groups in total. The van der Waals surface area contributed by atoms with Gasteiger partial charge in [-0.1, -0.05) is 6.92 Å². The first-order valence-electron chi connectivity index (χ1n) is 9.35. The zero-order chi connectivity index (χ0) is 16.0. The molecule has 5 nitrogen and oxygen atoms in total. The average Bonchev–Trinajstić information content (AvgIpc) is 3.18. The molecule has 0 aromatic heterocycles. The van der Waals surface area contributed by atoms with Crippen LogP contribution in [0.3, 0.4) is 0 Å². The standard InChI is InChI=1S/C18H28N2O3/c1-12-8-14(9-12)17(21)20-7-4-13-10-15(23-16(13)11-20)18(22)19-5-2-3-6-19/h12-16H,2-11H2,1H3/t12?,13-,14?,15?,16-/m0/s1. The van der Waals surface area contributed by atoms with Crippen LogP contribution < -0.4 is 0 Å². The predicted molar refractivity (Wildman–Crippen MR) is 85.7 cm³/mol. The first-order chi connectivity index (χ1) is 11.1. The van der Waals surface area contributed by atoms with Crippen molar-refractivity contribution in [2.24, 2.45) is 17.8 Å². The molecule has 0 aromatic carbocycles. The summed E-state index contributed by atoms with van der Waals surface area (Å²) >= 11 is 0. The topological polar surface area (TPSA) is 49.9 Å². The number of amides is 2. The van der Waals surface area contributed by atoms with Crippen molar-refractivity contribution >= 4 is 11.8 Å². The number of rotatable bonds is 2. The van der Waals surface area contributed by atoms with Crippen molar-refractivity contribution < 1.29 is 14.3 Å². The second kappa shape index (κ2) is 6.08. The Labute approximate surface area is 138 Å². The number of likely N-dealkylation sites (tertiary alicyclic amines) is 2. The molecule has 128 valence electrons. The van der Waals surface area contributed by atoms with Gasteiger partial charge >= 0.3 is 0 Å². The van der Waals surface area contributed by atoms with Gasteiger partial charge in [-0.15, -0.1) is 0 Å². The number of ether oxygens (including phenoxy) is 1. The molecule has 3 saturated heterocycles. The van der Waals surface area contributed by atoms with Crippen LogP contribution in [0.15, 0.2) is 0 Å². The molecule has 3 atom stereocenters. The zero-order valence-corrected chi connectivity index (χ0v) is 14.1. The van der Waals surface area contributed by atoms with E-state index in [0.29, 0.717) is 24.3 Å². The van der Waals surface area contributed by atoms with Crippen LogP contribution in [0.2, 0.25) is 0 Å². The van der Waals surface area contributed by atoms with Gasteiger partial charge in [0.1, 0.15) is 6.10 Å². The van der Waals surface area contributed by atoms with E-state index in [1.807, 2.05) is 9.80 Å². The number of piperidine rings is 1. The van der Waals surface area contributed by atoms with Gasteiger partial charge in [-0.3, -0.25) is 9.59 Å². The van der Waals surface area contributed by atoms with E-state index in [1.54, 1.807) is 0 Å². The quantitative estimate of drug-likeness (QED) is 0.777. The number of carbonyl (C=O) groups excluding carboxylic acids is 2. The van der Waals surface area contributed by atoms with Crippen LogP contribution in [-0.4, -0.2) is 60.0 Å². The van der Waals surface area contributed by atoms with Crippen molar-refractivity contribution in [2.45, 2.75) is 57.7 Å². The van der Waals surface area contributed by atoms with Gasteiger partial charge in [0.25, 0.3) is 5.91 Å². The minimum atomic E-state index is -0.262. The number of carbonyl (C=O) groups is 2. The van der Waals surface area contributed by atoms with Crippen LogP contribution in [0.25, 0.3) is 0 Å². The maximum absolute atomic E-state index is 12.5. The van der Waals surface area contributed by atoms with Crippen LogP contribution in [0.5, 0.6) is 0 Å². The third-order valence-electron chi connectivity index (χ3n) is 6.28. The maximum atomic E-state index is 12.5. The van der Waals surface area contributed by atoms with E-state index in [2.05, 4.69) is 6.92 Å². The Hall–Kier alpha value is -1.10. The molecule has 1 aliphatic carbocycles. The lowest BCUT2D eigenvalue weighted by Gasteiger charge is -2.40. The lowest BCUT2D eigenvalue weighted by Crippen LogP contribution is -2.49. The second-order valence-electron chi connectivity index (χ2n) is 8.04. The summed E-state index contributed by atoms with van der Waals surface area (Å²) in [6, 6.07) is 0. The van der Waals surface area contributed by atoms with Crippen LogP contribution >= 0.6 is 0 Å². The second-order valence-corrected chi connectivity index (χ2v) is 8.04. The molecule has 4 fully saturated rings. The summed E-state index contributed by atoms with van der Waals surface area (Å²) in [6.45, 7) is 5.53. The van der Waals surface area contributed by atoms with E-state index in [-0.39, 0.29) is 24.0 Å². The van der Waals surface area contributed by atoms with E-state index in [4.69, 9.17) is 4.74 Å². The molecule has 2 amide bonds. The molecule has 0 radical (unpaired) electrons. The van der Waals surface area contributed by atoms with Crippen molar-refractivity contribution in [3.05, 3.63) is 0 Å². The first kappa shape index (κ1) is 15.4. The summed E-state index contributed by atoms with van der Waals surface area (Å²) < 4.78 is 6.09. The van der Waals surface area contributed by atoms with Gasteiger partial charge in [0, 0.05) is 32.1 Å². The van der Waals surface area contributed by atoms with Crippen molar-refractivity contribution in [1.82, 2.24) is 9.80 Å². The molecule has 1 unspecified atom stereocenters. The molecule has 5 heteroatoms. The van der Waals surface area contributed by atoms with Crippen molar-refractivity contribution in [2.75, 3.05) is 26.2 Å². The van der Waals surface area contributed by atoms with Crippen molar-refractivity contribution in [3.8, 4) is 0 Å².